The Bertz CT molecular complexity index is 935. The van der Waals surface area contributed by atoms with E-state index in [1.165, 1.54) is 6.07 Å². The van der Waals surface area contributed by atoms with E-state index in [0.29, 0.717) is 23.5 Å². The highest BCUT2D eigenvalue weighted by Gasteiger charge is 2.29. The minimum atomic E-state index is -3.06. The lowest BCUT2D eigenvalue weighted by Gasteiger charge is -2.10. The normalized spacial score (nSPS) is 18.3. The van der Waals surface area contributed by atoms with Gasteiger partial charge in [-0.05, 0) is 30.7 Å². The summed E-state index contributed by atoms with van der Waals surface area (Å²) in [5.41, 5.74) is 1.16. The van der Waals surface area contributed by atoms with Crippen molar-refractivity contribution in [2.75, 3.05) is 16.8 Å². The van der Waals surface area contributed by atoms with E-state index in [2.05, 4.69) is 26.9 Å². The second-order valence-corrected chi connectivity index (χ2v) is 7.89. The van der Waals surface area contributed by atoms with Gasteiger partial charge in [0, 0.05) is 6.04 Å². The van der Waals surface area contributed by atoms with Crippen molar-refractivity contribution in [1.29, 1.82) is 5.26 Å². The number of amides is 1. The summed E-state index contributed by atoms with van der Waals surface area (Å²) < 4.78 is 22.8. The van der Waals surface area contributed by atoms with Crippen molar-refractivity contribution in [2.45, 2.75) is 12.5 Å². The molecule has 1 aromatic carbocycles. The van der Waals surface area contributed by atoms with Crippen molar-refractivity contribution < 1.29 is 13.2 Å². The van der Waals surface area contributed by atoms with E-state index >= 15 is 0 Å². The summed E-state index contributed by atoms with van der Waals surface area (Å²) in [6.45, 7) is 0. The third-order valence-corrected chi connectivity index (χ3v) is 5.54. The zero-order valence-corrected chi connectivity index (χ0v) is 14.0. The molecule has 25 heavy (non-hydrogen) atoms. The van der Waals surface area contributed by atoms with E-state index in [9.17, 15) is 13.2 Å². The third-order valence-electron chi connectivity index (χ3n) is 3.78. The van der Waals surface area contributed by atoms with Crippen LogP contribution in [-0.2, 0) is 9.84 Å². The molecule has 1 atom stereocenters. The quantitative estimate of drug-likeness (QED) is 0.836. The van der Waals surface area contributed by atoms with Gasteiger partial charge in [-0.1, -0.05) is 12.1 Å². The number of carbonyl (C=O) groups excluding carboxylic acids is 1. The highest BCUT2D eigenvalue weighted by molar-refractivity contribution is 7.91. The minimum absolute atomic E-state index is 0.0449. The van der Waals surface area contributed by atoms with Crippen molar-refractivity contribution in [2.24, 2.45) is 0 Å². The van der Waals surface area contributed by atoms with Gasteiger partial charge in [-0.2, -0.15) is 5.26 Å². The van der Waals surface area contributed by atoms with Crippen LogP contribution < -0.4 is 10.6 Å². The summed E-state index contributed by atoms with van der Waals surface area (Å²) >= 11 is 0. The van der Waals surface area contributed by atoms with Gasteiger partial charge in [0.1, 0.15) is 6.07 Å². The maximum atomic E-state index is 12.1. The van der Waals surface area contributed by atoms with Crippen LogP contribution in [0.1, 0.15) is 22.5 Å². The number of carbonyl (C=O) groups is 1. The Morgan fingerprint density at radius 2 is 2.00 bits per heavy atom. The first-order chi connectivity index (χ1) is 12.0. The first-order valence-corrected chi connectivity index (χ1v) is 9.40. The molecule has 1 unspecified atom stereocenters. The van der Waals surface area contributed by atoms with Crippen LogP contribution >= 0.6 is 0 Å². The van der Waals surface area contributed by atoms with Gasteiger partial charge in [0.05, 0.1) is 22.8 Å². The molecule has 0 radical (unpaired) electrons. The predicted molar refractivity (Wildman–Crippen MR) is 91.0 cm³/mol. The summed E-state index contributed by atoms with van der Waals surface area (Å²) in [6, 6.07) is 11.7. The first kappa shape index (κ1) is 16.9. The zero-order chi connectivity index (χ0) is 17.9. The van der Waals surface area contributed by atoms with Gasteiger partial charge in [-0.25, -0.2) is 8.42 Å². The van der Waals surface area contributed by atoms with Crippen LogP contribution in [0.25, 0.3) is 0 Å². The SMILES string of the molecule is N#Cc1ccccc1Nc1ccc(C(=O)NC2CCS(=O)(=O)C2)nn1. The van der Waals surface area contributed by atoms with Crippen molar-refractivity contribution in [3.8, 4) is 6.07 Å². The number of rotatable bonds is 4. The Labute approximate surface area is 144 Å². The molecule has 1 amide bonds. The minimum Gasteiger partial charge on any atom is -0.347 e. The molecule has 9 heteroatoms. The molecule has 2 N–H and O–H groups in total. The average Bonchev–Trinajstić information content (AvgIpc) is 2.94. The molecular formula is C16H15N5O3S. The fourth-order valence-corrected chi connectivity index (χ4v) is 4.19. The molecule has 0 bridgehead atoms. The Hall–Kier alpha value is -2.99. The number of hydrogen-bond acceptors (Lipinski definition) is 7. The molecule has 8 nitrogen and oxygen atoms in total. The molecule has 2 aromatic rings. The molecule has 2 heterocycles. The highest BCUT2D eigenvalue weighted by Crippen LogP contribution is 2.18. The fourth-order valence-electron chi connectivity index (χ4n) is 2.52. The lowest BCUT2D eigenvalue weighted by molar-refractivity contribution is 0.0935. The smallest absolute Gasteiger partial charge is 0.272 e. The number of anilines is 2. The number of aromatic nitrogens is 2. The van der Waals surface area contributed by atoms with Crippen LogP contribution in [0.15, 0.2) is 36.4 Å². The van der Waals surface area contributed by atoms with E-state index in [-0.39, 0.29) is 23.2 Å². The van der Waals surface area contributed by atoms with Crippen LogP contribution in [0, 0.1) is 11.3 Å². The van der Waals surface area contributed by atoms with Gasteiger partial charge in [0.25, 0.3) is 5.91 Å². The predicted octanol–water partition coefficient (Wildman–Crippen LogP) is 1.01. The zero-order valence-electron chi connectivity index (χ0n) is 13.1. The van der Waals surface area contributed by atoms with Crippen molar-refractivity contribution in [1.82, 2.24) is 15.5 Å². The van der Waals surface area contributed by atoms with Crippen molar-refractivity contribution >= 4 is 27.2 Å². The Morgan fingerprint density at radius 1 is 1.20 bits per heavy atom. The van der Waals surface area contributed by atoms with Crippen LogP contribution in [0.5, 0.6) is 0 Å². The van der Waals surface area contributed by atoms with Gasteiger partial charge in [-0.3, -0.25) is 4.79 Å². The summed E-state index contributed by atoms with van der Waals surface area (Å²) in [5, 5.41) is 22.5. The largest absolute Gasteiger partial charge is 0.347 e. The first-order valence-electron chi connectivity index (χ1n) is 7.58. The molecule has 0 saturated carbocycles. The Morgan fingerprint density at radius 3 is 2.64 bits per heavy atom. The molecule has 1 saturated heterocycles. The molecule has 1 aromatic heterocycles. The second kappa shape index (κ2) is 6.86. The Balaban J connectivity index is 1.66. The maximum absolute atomic E-state index is 12.1. The summed E-state index contributed by atoms with van der Waals surface area (Å²) in [6.07, 6.45) is 0.409. The number of para-hydroxylation sites is 1. The van der Waals surface area contributed by atoms with Crippen LogP contribution in [0.3, 0.4) is 0 Å². The van der Waals surface area contributed by atoms with E-state index < -0.39 is 15.7 Å². The average molecular weight is 357 g/mol. The topological polar surface area (TPSA) is 125 Å². The monoisotopic (exact) mass is 357 g/mol. The van der Waals surface area contributed by atoms with E-state index in [0.717, 1.165) is 0 Å². The molecule has 0 aliphatic carbocycles. The van der Waals surface area contributed by atoms with Gasteiger partial charge < -0.3 is 10.6 Å². The lowest BCUT2D eigenvalue weighted by atomic mass is 10.2. The van der Waals surface area contributed by atoms with Gasteiger partial charge in [0.15, 0.2) is 21.3 Å². The molecule has 1 fully saturated rings. The lowest BCUT2D eigenvalue weighted by Crippen LogP contribution is -2.36. The molecule has 128 valence electrons. The van der Waals surface area contributed by atoms with Crippen molar-refractivity contribution in [3.63, 3.8) is 0 Å². The van der Waals surface area contributed by atoms with Crippen LogP contribution in [0.2, 0.25) is 0 Å². The number of nitrogens with one attached hydrogen (secondary N) is 2. The Kier molecular flexibility index (Phi) is 4.63. The third kappa shape index (κ3) is 4.10. The number of nitriles is 1. The van der Waals surface area contributed by atoms with E-state index in [1.807, 2.05) is 0 Å². The van der Waals surface area contributed by atoms with E-state index in [4.69, 9.17) is 5.26 Å². The van der Waals surface area contributed by atoms with Crippen LogP contribution in [-0.4, -0.2) is 42.1 Å². The number of nitrogens with zero attached hydrogens (tertiary/aromatic N) is 3. The number of benzene rings is 1. The molecule has 0 spiro atoms. The molecule has 3 rings (SSSR count). The molecule has 1 aliphatic heterocycles. The molecular weight excluding hydrogens is 342 g/mol. The van der Waals surface area contributed by atoms with Gasteiger partial charge >= 0.3 is 0 Å². The number of sulfone groups is 1. The molecule has 1 aliphatic rings. The maximum Gasteiger partial charge on any atom is 0.272 e. The summed E-state index contributed by atoms with van der Waals surface area (Å²) in [4.78, 5) is 12.1. The summed E-state index contributed by atoms with van der Waals surface area (Å²) in [5.74, 6) is -0.0251. The fraction of sp³-hybridized carbons (Fsp3) is 0.250. The standard InChI is InChI=1S/C16H15N5O3S/c17-9-11-3-1-2-4-13(11)19-15-6-5-14(20-21-15)16(22)18-12-7-8-25(23,24)10-12/h1-6,12H,7-8,10H2,(H,18,22)(H,19,21). The number of hydrogen-bond donors (Lipinski definition) is 2. The van der Waals surface area contributed by atoms with Gasteiger partial charge in [0.2, 0.25) is 0 Å². The van der Waals surface area contributed by atoms with E-state index in [1.54, 1.807) is 30.3 Å². The highest BCUT2D eigenvalue weighted by atomic mass is 32.2. The summed E-state index contributed by atoms with van der Waals surface area (Å²) in [7, 11) is -3.06. The van der Waals surface area contributed by atoms with Crippen LogP contribution in [0.4, 0.5) is 11.5 Å². The second-order valence-electron chi connectivity index (χ2n) is 5.66. The van der Waals surface area contributed by atoms with Gasteiger partial charge in [-0.15, -0.1) is 10.2 Å². The van der Waals surface area contributed by atoms with Crippen molar-refractivity contribution in [3.05, 3.63) is 47.7 Å².